The molecule has 0 saturated heterocycles. The lowest BCUT2D eigenvalue weighted by Crippen LogP contribution is -2.27. The van der Waals surface area contributed by atoms with Crippen LogP contribution in [0.4, 0.5) is 9.80 Å². The summed E-state index contributed by atoms with van der Waals surface area (Å²) in [6.45, 7) is 7.32. The molecule has 0 unspecified atom stereocenters. The van der Waals surface area contributed by atoms with E-state index in [1.807, 2.05) is 27.7 Å². The maximum absolute atomic E-state index is 11.4. The molecule has 0 spiro atoms. The van der Waals surface area contributed by atoms with Crippen LogP contribution in [0.3, 0.4) is 0 Å². The van der Waals surface area contributed by atoms with Crippen LogP contribution in [0.25, 0.3) is 0 Å². The lowest BCUT2D eigenvalue weighted by molar-refractivity contribution is 0.0636. The summed E-state index contributed by atoms with van der Waals surface area (Å²) in [6.07, 6.45) is -0.466. The van der Waals surface area contributed by atoms with Gasteiger partial charge in [-0.05, 0) is 55.2 Å². The molecule has 1 heterocycles. The highest BCUT2D eigenvalue weighted by Gasteiger charge is 2.18. The van der Waals surface area contributed by atoms with Gasteiger partial charge in [-0.3, -0.25) is 5.32 Å². The zero-order valence-corrected chi connectivity index (χ0v) is 11.5. The van der Waals surface area contributed by atoms with E-state index < -0.39 is 11.7 Å². The Labute approximate surface area is 101 Å². The summed E-state index contributed by atoms with van der Waals surface area (Å²) in [4.78, 5) is 11.4. The van der Waals surface area contributed by atoms with E-state index in [2.05, 4.69) is 25.6 Å². The van der Waals surface area contributed by atoms with E-state index in [0.29, 0.717) is 5.00 Å². The topological polar surface area (TPSA) is 51.2 Å². The Bertz CT molecular complexity index is 371. The molecule has 0 radical (unpaired) electrons. The summed E-state index contributed by atoms with van der Waals surface area (Å²) < 4.78 is 10.0. The molecule has 0 saturated carbocycles. The fourth-order valence-electron chi connectivity index (χ4n) is 0.833. The molecule has 0 bridgehead atoms. The summed E-state index contributed by atoms with van der Waals surface area (Å²) in [5.74, 6) is 0. The first kappa shape index (κ1) is 12.4. The first-order chi connectivity index (χ1) is 6.79. The molecule has 0 aromatic carbocycles. The van der Waals surface area contributed by atoms with Crippen LogP contribution in [0.5, 0.6) is 0 Å². The van der Waals surface area contributed by atoms with Gasteiger partial charge < -0.3 is 4.74 Å². The van der Waals surface area contributed by atoms with Gasteiger partial charge in [0.1, 0.15) is 10.6 Å². The molecule has 1 amide bonds. The monoisotopic (exact) mass is 292 g/mol. The highest BCUT2D eigenvalue weighted by Crippen LogP contribution is 2.30. The van der Waals surface area contributed by atoms with E-state index in [9.17, 15) is 4.79 Å². The fourth-order valence-corrected chi connectivity index (χ4v) is 2.03. The number of anilines is 1. The van der Waals surface area contributed by atoms with Crippen LogP contribution >= 0.6 is 27.5 Å². The van der Waals surface area contributed by atoms with Crippen LogP contribution in [0.1, 0.15) is 26.5 Å². The molecule has 1 N–H and O–H groups in total. The number of aryl methyl sites for hydroxylation is 1. The Kier molecular flexibility index (Phi) is 3.72. The summed E-state index contributed by atoms with van der Waals surface area (Å²) in [5.41, 5.74) is 0.363. The molecule has 1 rings (SSSR count). The quantitative estimate of drug-likeness (QED) is 0.861. The Hall–Kier alpha value is -0.620. The first-order valence-corrected chi connectivity index (χ1v) is 5.98. The van der Waals surface area contributed by atoms with Crippen molar-refractivity contribution in [3.63, 3.8) is 0 Å². The number of hydrogen-bond acceptors (Lipinski definition) is 4. The third-order valence-corrected chi connectivity index (χ3v) is 3.49. The van der Waals surface area contributed by atoms with Gasteiger partial charge in [0, 0.05) is 0 Å². The Morgan fingerprint density at radius 1 is 1.53 bits per heavy atom. The molecule has 0 fully saturated rings. The predicted molar refractivity (Wildman–Crippen MR) is 64.4 cm³/mol. The molecular formula is C9H13BrN2O2S. The number of hydrogen-bond donors (Lipinski definition) is 1. The highest BCUT2D eigenvalue weighted by atomic mass is 79.9. The van der Waals surface area contributed by atoms with Crippen LogP contribution in [-0.4, -0.2) is 16.1 Å². The van der Waals surface area contributed by atoms with Crippen molar-refractivity contribution in [3.8, 4) is 0 Å². The van der Waals surface area contributed by atoms with Crippen LogP contribution in [-0.2, 0) is 4.74 Å². The van der Waals surface area contributed by atoms with Crippen molar-refractivity contribution < 1.29 is 9.53 Å². The largest absolute Gasteiger partial charge is 0.444 e. The van der Waals surface area contributed by atoms with Gasteiger partial charge in [0.05, 0.1) is 10.2 Å². The fraction of sp³-hybridized carbons (Fsp3) is 0.556. The maximum atomic E-state index is 11.4. The molecule has 15 heavy (non-hydrogen) atoms. The number of rotatable bonds is 1. The van der Waals surface area contributed by atoms with Crippen molar-refractivity contribution in [1.29, 1.82) is 0 Å². The zero-order valence-electron chi connectivity index (χ0n) is 9.05. The van der Waals surface area contributed by atoms with E-state index in [4.69, 9.17) is 4.74 Å². The molecule has 0 aliphatic rings. The number of carbonyl (C=O) groups is 1. The molecule has 1 aromatic heterocycles. The molecule has 6 heteroatoms. The van der Waals surface area contributed by atoms with E-state index in [0.717, 1.165) is 10.2 Å². The molecule has 0 aliphatic heterocycles. The minimum atomic E-state index is -0.490. The van der Waals surface area contributed by atoms with Crippen molar-refractivity contribution in [2.45, 2.75) is 33.3 Å². The molecule has 84 valence electrons. The van der Waals surface area contributed by atoms with Gasteiger partial charge in [0.2, 0.25) is 0 Å². The Balaban J connectivity index is 2.63. The van der Waals surface area contributed by atoms with Crippen LogP contribution < -0.4 is 5.32 Å². The van der Waals surface area contributed by atoms with E-state index >= 15 is 0 Å². The van der Waals surface area contributed by atoms with E-state index in [1.165, 1.54) is 11.5 Å². The van der Waals surface area contributed by atoms with Gasteiger partial charge in [0.25, 0.3) is 0 Å². The number of nitrogens with one attached hydrogen (secondary N) is 1. The molecule has 0 atom stereocenters. The van der Waals surface area contributed by atoms with Crippen molar-refractivity contribution in [2.75, 3.05) is 5.32 Å². The van der Waals surface area contributed by atoms with Gasteiger partial charge in [-0.25, -0.2) is 4.79 Å². The average molecular weight is 293 g/mol. The standard InChI is InChI=1S/C9H13BrN2O2S/c1-5-6(10)7(15-12-5)11-8(13)14-9(2,3)4/h1-4H3,(H,11,13). The number of ether oxygens (including phenoxy) is 1. The second-order valence-electron chi connectivity index (χ2n) is 4.04. The normalized spacial score (nSPS) is 11.3. The second-order valence-corrected chi connectivity index (χ2v) is 5.60. The van der Waals surface area contributed by atoms with E-state index in [1.54, 1.807) is 0 Å². The van der Waals surface area contributed by atoms with Crippen LogP contribution in [0, 0.1) is 6.92 Å². The van der Waals surface area contributed by atoms with Crippen molar-refractivity contribution in [2.24, 2.45) is 0 Å². The third-order valence-electron chi connectivity index (χ3n) is 1.41. The van der Waals surface area contributed by atoms with Crippen molar-refractivity contribution in [1.82, 2.24) is 4.37 Å². The Morgan fingerprint density at radius 2 is 2.13 bits per heavy atom. The molecule has 1 aromatic rings. The summed E-state index contributed by atoms with van der Waals surface area (Å²) in [6, 6.07) is 0. The molecular weight excluding hydrogens is 280 g/mol. The smallest absolute Gasteiger partial charge is 0.412 e. The Morgan fingerprint density at radius 3 is 2.53 bits per heavy atom. The predicted octanol–water partition coefficient (Wildman–Crippen LogP) is 3.56. The first-order valence-electron chi connectivity index (χ1n) is 4.41. The minimum absolute atomic E-state index is 0.466. The summed E-state index contributed by atoms with van der Waals surface area (Å²) >= 11 is 4.56. The SMILES string of the molecule is Cc1nsc(NC(=O)OC(C)(C)C)c1Br. The van der Waals surface area contributed by atoms with Crippen molar-refractivity contribution in [3.05, 3.63) is 10.2 Å². The van der Waals surface area contributed by atoms with Crippen molar-refractivity contribution >= 4 is 38.6 Å². The molecule has 0 aliphatic carbocycles. The lowest BCUT2D eigenvalue weighted by atomic mass is 10.2. The highest BCUT2D eigenvalue weighted by molar-refractivity contribution is 9.10. The van der Waals surface area contributed by atoms with Crippen LogP contribution in [0.2, 0.25) is 0 Å². The van der Waals surface area contributed by atoms with Gasteiger partial charge in [0.15, 0.2) is 0 Å². The summed E-state index contributed by atoms with van der Waals surface area (Å²) in [7, 11) is 0. The van der Waals surface area contributed by atoms with Gasteiger partial charge in [-0.2, -0.15) is 4.37 Å². The number of nitrogens with zero attached hydrogens (tertiary/aromatic N) is 1. The third kappa shape index (κ3) is 3.79. The number of amides is 1. The maximum Gasteiger partial charge on any atom is 0.412 e. The lowest BCUT2D eigenvalue weighted by Gasteiger charge is -2.19. The minimum Gasteiger partial charge on any atom is -0.444 e. The van der Waals surface area contributed by atoms with Gasteiger partial charge in [-0.15, -0.1) is 0 Å². The molecule has 4 nitrogen and oxygen atoms in total. The average Bonchev–Trinajstić information content (AvgIpc) is 2.32. The number of aromatic nitrogens is 1. The second kappa shape index (κ2) is 4.49. The summed E-state index contributed by atoms with van der Waals surface area (Å²) in [5, 5.41) is 3.30. The van der Waals surface area contributed by atoms with E-state index in [-0.39, 0.29) is 0 Å². The van der Waals surface area contributed by atoms with Crippen LogP contribution in [0.15, 0.2) is 4.47 Å². The number of carbonyl (C=O) groups excluding carboxylic acids is 1. The van der Waals surface area contributed by atoms with Gasteiger partial charge in [-0.1, -0.05) is 0 Å². The number of halogens is 1. The zero-order chi connectivity index (χ0) is 11.6. The van der Waals surface area contributed by atoms with Gasteiger partial charge >= 0.3 is 6.09 Å².